The Morgan fingerprint density at radius 3 is 3.20 bits per heavy atom. The number of hydrogen-bond donors (Lipinski definition) is 1. The zero-order valence-electron chi connectivity index (χ0n) is 11.2. The molecule has 0 radical (unpaired) electrons. The fourth-order valence-electron chi connectivity index (χ4n) is 2.69. The lowest BCUT2D eigenvalue weighted by molar-refractivity contribution is -0.166. The number of nitrogens with two attached hydrogens (primary N) is 1. The molecule has 8 heteroatoms. The third-order valence-corrected chi connectivity index (χ3v) is 3.66. The molecule has 3 heterocycles. The maximum absolute atomic E-state index is 11.9. The minimum atomic E-state index is -0.337. The molecule has 1 aromatic rings. The number of anilines is 1. The van der Waals surface area contributed by atoms with Crippen LogP contribution < -0.4 is 5.73 Å². The third-order valence-electron chi connectivity index (χ3n) is 3.66. The van der Waals surface area contributed by atoms with Crippen molar-refractivity contribution >= 4 is 11.9 Å². The van der Waals surface area contributed by atoms with E-state index in [1.54, 1.807) is 0 Å². The summed E-state index contributed by atoms with van der Waals surface area (Å²) >= 11 is 0. The lowest BCUT2D eigenvalue weighted by Gasteiger charge is -2.36. The van der Waals surface area contributed by atoms with E-state index < -0.39 is 0 Å². The average molecular weight is 282 g/mol. The van der Waals surface area contributed by atoms with Gasteiger partial charge in [-0.15, -0.1) is 5.10 Å². The highest BCUT2D eigenvalue weighted by Gasteiger charge is 2.42. The second-order valence-corrected chi connectivity index (χ2v) is 5.24. The van der Waals surface area contributed by atoms with Crippen molar-refractivity contribution in [3.63, 3.8) is 0 Å². The molecule has 2 unspecified atom stereocenters. The molecule has 0 aliphatic carbocycles. The standard InChI is InChI=1S/C12H18N4O4/c13-11-14-8-16(15-11)6-10(17)20-9-1-3-19-12(5-9)2-4-18-7-12/h8-9H,1-7H2,(H2,13,15). The molecule has 0 bridgehead atoms. The predicted octanol–water partition coefficient (Wildman–Crippen LogP) is -0.258. The smallest absolute Gasteiger partial charge is 0.328 e. The van der Waals surface area contributed by atoms with Gasteiger partial charge in [0.2, 0.25) is 5.95 Å². The Morgan fingerprint density at radius 2 is 2.50 bits per heavy atom. The Morgan fingerprint density at radius 1 is 1.60 bits per heavy atom. The first-order valence-electron chi connectivity index (χ1n) is 6.71. The van der Waals surface area contributed by atoms with E-state index in [-0.39, 0.29) is 30.2 Å². The molecule has 2 aliphatic rings. The van der Waals surface area contributed by atoms with Gasteiger partial charge in [0.05, 0.1) is 18.8 Å². The van der Waals surface area contributed by atoms with Gasteiger partial charge in [0.25, 0.3) is 0 Å². The van der Waals surface area contributed by atoms with Crippen molar-refractivity contribution in [3.05, 3.63) is 6.33 Å². The molecule has 0 saturated carbocycles. The molecule has 8 nitrogen and oxygen atoms in total. The molecule has 2 fully saturated rings. The molecule has 1 aromatic heterocycles. The SMILES string of the molecule is Nc1ncn(CC(=O)OC2CCOC3(CCOC3)C2)n1. The lowest BCUT2D eigenvalue weighted by atomic mass is 9.91. The van der Waals surface area contributed by atoms with Gasteiger partial charge in [-0.3, -0.25) is 4.79 Å². The van der Waals surface area contributed by atoms with Crippen molar-refractivity contribution in [2.45, 2.75) is 37.5 Å². The van der Waals surface area contributed by atoms with E-state index in [0.717, 1.165) is 6.42 Å². The molecule has 2 saturated heterocycles. The fourth-order valence-corrected chi connectivity index (χ4v) is 2.69. The van der Waals surface area contributed by atoms with Crippen molar-refractivity contribution in [1.29, 1.82) is 0 Å². The van der Waals surface area contributed by atoms with Gasteiger partial charge in [0, 0.05) is 25.9 Å². The number of hydrogen-bond acceptors (Lipinski definition) is 7. The lowest BCUT2D eigenvalue weighted by Crippen LogP contribution is -2.44. The summed E-state index contributed by atoms with van der Waals surface area (Å²) in [6.45, 7) is 1.90. The minimum Gasteiger partial charge on any atom is -0.461 e. The van der Waals surface area contributed by atoms with Crippen molar-refractivity contribution in [1.82, 2.24) is 14.8 Å². The van der Waals surface area contributed by atoms with Crippen LogP contribution in [0.5, 0.6) is 0 Å². The van der Waals surface area contributed by atoms with Gasteiger partial charge in [0.1, 0.15) is 19.0 Å². The molecule has 0 amide bonds. The first-order valence-corrected chi connectivity index (χ1v) is 6.71. The normalized spacial score (nSPS) is 29.7. The quantitative estimate of drug-likeness (QED) is 0.762. The number of carbonyl (C=O) groups is 1. The van der Waals surface area contributed by atoms with Crippen LogP contribution in [-0.2, 0) is 25.5 Å². The maximum Gasteiger partial charge on any atom is 0.328 e. The van der Waals surface area contributed by atoms with Gasteiger partial charge in [-0.2, -0.15) is 0 Å². The maximum atomic E-state index is 11.9. The molecule has 2 aliphatic heterocycles. The van der Waals surface area contributed by atoms with E-state index in [2.05, 4.69) is 10.1 Å². The van der Waals surface area contributed by atoms with Crippen LogP contribution >= 0.6 is 0 Å². The Labute approximate surface area is 116 Å². The second kappa shape index (κ2) is 5.37. The van der Waals surface area contributed by atoms with Crippen LogP contribution in [-0.4, -0.2) is 52.3 Å². The zero-order valence-corrected chi connectivity index (χ0v) is 11.2. The number of aromatic nitrogens is 3. The highest BCUT2D eigenvalue weighted by molar-refractivity contribution is 5.69. The Bertz CT molecular complexity index is 484. The number of nitrogens with zero attached hydrogens (tertiary/aromatic N) is 3. The number of rotatable bonds is 3. The van der Waals surface area contributed by atoms with Gasteiger partial charge in [-0.1, -0.05) is 0 Å². The molecule has 110 valence electrons. The van der Waals surface area contributed by atoms with Crippen LogP contribution in [0.3, 0.4) is 0 Å². The van der Waals surface area contributed by atoms with Gasteiger partial charge >= 0.3 is 5.97 Å². The summed E-state index contributed by atoms with van der Waals surface area (Å²) in [5.74, 6) is -0.193. The van der Waals surface area contributed by atoms with Crippen molar-refractivity contribution < 1.29 is 19.0 Å². The van der Waals surface area contributed by atoms with Gasteiger partial charge < -0.3 is 19.9 Å². The molecular formula is C12H18N4O4. The fraction of sp³-hybridized carbons (Fsp3) is 0.750. The van der Waals surface area contributed by atoms with E-state index in [0.29, 0.717) is 32.7 Å². The van der Waals surface area contributed by atoms with E-state index in [1.165, 1.54) is 11.0 Å². The Hall–Kier alpha value is -1.67. The highest BCUT2D eigenvalue weighted by Crippen LogP contribution is 2.33. The molecule has 0 aromatic carbocycles. The summed E-state index contributed by atoms with van der Waals surface area (Å²) in [7, 11) is 0. The number of esters is 1. The number of carbonyl (C=O) groups excluding carboxylic acids is 1. The van der Waals surface area contributed by atoms with Crippen LogP contribution in [0.15, 0.2) is 6.33 Å². The highest BCUT2D eigenvalue weighted by atomic mass is 16.6. The molecule has 2 atom stereocenters. The topological polar surface area (TPSA) is 101 Å². The first kappa shape index (κ1) is 13.3. The summed E-state index contributed by atoms with van der Waals surface area (Å²) < 4.78 is 18.0. The second-order valence-electron chi connectivity index (χ2n) is 5.24. The van der Waals surface area contributed by atoms with Crippen LogP contribution in [0.25, 0.3) is 0 Å². The molecule has 2 N–H and O–H groups in total. The summed E-state index contributed by atoms with van der Waals surface area (Å²) in [4.78, 5) is 15.6. The summed E-state index contributed by atoms with van der Waals surface area (Å²) in [5, 5.41) is 3.85. The van der Waals surface area contributed by atoms with Gasteiger partial charge in [-0.25, -0.2) is 9.67 Å². The molecular weight excluding hydrogens is 264 g/mol. The summed E-state index contributed by atoms with van der Waals surface area (Å²) in [6, 6.07) is 0. The monoisotopic (exact) mass is 282 g/mol. The van der Waals surface area contributed by atoms with E-state index in [1.807, 2.05) is 0 Å². The average Bonchev–Trinajstić information content (AvgIpc) is 2.99. The van der Waals surface area contributed by atoms with E-state index in [4.69, 9.17) is 19.9 Å². The molecule has 20 heavy (non-hydrogen) atoms. The van der Waals surface area contributed by atoms with Crippen molar-refractivity contribution in [2.75, 3.05) is 25.6 Å². The summed E-state index contributed by atoms with van der Waals surface area (Å²) in [6.07, 6.45) is 3.55. The van der Waals surface area contributed by atoms with E-state index >= 15 is 0 Å². The van der Waals surface area contributed by atoms with Crippen molar-refractivity contribution in [2.24, 2.45) is 0 Å². The van der Waals surface area contributed by atoms with Crippen molar-refractivity contribution in [3.8, 4) is 0 Å². The van der Waals surface area contributed by atoms with Crippen LogP contribution in [0, 0.1) is 0 Å². The van der Waals surface area contributed by atoms with Crippen LogP contribution in [0.4, 0.5) is 5.95 Å². The number of ether oxygens (including phenoxy) is 3. The zero-order chi connectivity index (χ0) is 14.0. The van der Waals surface area contributed by atoms with Crippen LogP contribution in [0.1, 0.15) is 19.3 Å². The van der Waals surface area contributed by atoms with E-state index in [9.17, 15) is 4.79 Å². The Kier molecular flexibility index (Phi) is 3.58. The summed E-state index contributed by atoms with van der Waals surface area (Å²) in [5.41, 5.74) is 5.13. The Balaban J connectivity index is 1.53. The molecule has 3 rings (SSSR count). The number of nitrogen functional groups attached to an aromatic ring is 1. The predicted molar refractivity (Wildman–Crippen MR) is 67.7 cm³/mol. The first-order chi connectivity index (χ1) is 9.65. The molecule has 1 spiro atoms. The largest absolute Gasteiger partial charge is 0.461 e. The van der Waals surface area contributed by atoms with Crippen LogP contribution in [0.2, 0.25) is 0 Å². The van der Waals surface area contributed by atoms with Gasteiger partial charge in [0.15, 0.2) is 0 Å². The third kappa shape index (κ3) is 2.91. The van der Waals surface area contributed by atoms with Gasteiger partial charge in [-0.05, 0) is 0 Å². The minimum absolute atomic E-state index is 0.0189.